The number of aromatic nitrogens is 5. The van der Waals surface area contributed by atoms with Gasteiger partial charge in [-0.1, -0.05) is 66.3 Å². The second kappa shape index (κ2) is 10.5. The van der Waals surface area contributed by atoms with Gasteiger partial charge in [0.15, 0.2) is 16.8 Å². The molecule has 4 rings (SSSR count). The highest BCUT2D eigenvalue weighted by molar-refractivity contribution is 7.99. The second-order valence-electron chi connectivity index (χ2n) is 7.45. The Morgan fingerprint density at radius 1 is 1.03 bits per heavy atom. The molecule has 0 N–H and O–H groups in total. The van der Waals surface area contributed by atoms with Crippen LogP contribution < -0.4 is 4.74 Å². The average Bonchev–Trinajstić information content (AvgIpc) is 3.46. The van der Waals surface area contributed by atoms with Gasteiger partial charge in [0.05, 0.1) is 17.9 Å². The fourth-order valence-corrected chi connectivity index (χ4v) is 4.36. The van der Waals surface area contributed by atoms with E-state index >= 15 is 0 Å². The predicted molar refractivity (Wildman–Crippen MR) is 125 cm³/mol. The van der Waals surface area contributed by atoms with Gasteiger partial charge in [-0.25, -0.2) is 0 Å². The van der Waals surface area contributed by atoms with Crippen molar-refractivity contribution in [2.75, 3.05) is 7.11 Å². The highest BCUT2D eigenvalue weighted by Gasteiger charge is 2.22. The zero-order valence-electron chi connectivity index (χ0n) is 18.6. The predicted octanol–water partition coefficient (Wildman–Crippen LogP) is 5.39. The molecule has 4 aromatic rings. The van der Waals surface area contributed by atoms with Crippen molar-refractivity contribution in [3.63, 3.8) is 0 Å². The number of ether oxygens (including phenoxy) is 1. The van der Waals surface area contributed by atoms with Gasteiger partial charge in [0, 0.05) is 13.0 Å². The van der Waals surface area contributed by atoms with Gasteiger partial charge in [-0.3, -0.25) is 0 Å². The Bertz CT molecular complexity index is 1140. The molecule has 0 bridgehead atoms. The average molecular weight is 450 g/mol. The number of methoxy groups -OCH3 is 1. The molecule has 2 aromatic heterocycles. The number of aryl methyl sites for hydroxylation is 2. The molecule has 8 heteroatoms. The Balaban J connectivity index is 1.64. The van der Waals surface area contributed by atoms with Crippen LogP contribution in [-0.4, -0.2) is 32.0 Å². The van der Waals surface area contributed by atoms with Gasteiger partial charge in [-0.05, 0) is 37.5 Å². The number of hydrogen-bond donors (Lipinski definition) is 0. The third-order valence-corrected chi connectivity index (χ3v) is 6.19. The van der Waals surface area contributed by atoms with Crippen LogP contribution in [0.2, 0.25) is 0 Å². The largest absolute Gasteiger partial charge is 0.496 e. The maximum absolute atomic E-state index is 5.58. The molecule has 0 aliphatic carbocycles. The van der Waals surface area contributed by atoms with Crippen molar-refractivity contribution < 1.29 is 9.26 Å². The first-order valence-corrected chi connectivity index (χ1v) is 11.7. The number of thioether (sulfide) groups is 1. The summed E-state index contributed by atoms with van der Waals surface area (Å²) in [6, 6.07) is 18.3. The van der Waals surface area contributed by atoms with Crippen LogP contribution in [0, 0.1) is 0 Å². The molecule has 0 spiro atoms. The lowest BCUT2D eigenvalue weighted by atomic mass is 10.1. The van der Waals surface area contributed by atoms with E-state index < -0.39 is 0 Å². The topological polar surface area (TPSA) is 78.9 Å². The number of nitrogens with zero attached hydrogens (tertiary/aromatic N) is 5. The van der Waals surface area contributed by atoms with Crippen LogP contribution in [0.25, 0.3) is 11.4 Å². The molecule has 0 radical (unpaired) electrons. The molecule has 0 saturated heterocycles. The van der Waals surface area contributed by atoms with Crippen LogP contribution in [-0.2, 0) is 19.4 Å². The highest BCUT2D eigenvalue weighted by Crippen LogP contribution is 2.36. The first kappa shape index (κ1) is 22.1. The zero-order chi connectivity index (χ0) is 22.3. The summed E-state index contributed by atoms with van der Waals surface area (Å²) in [5.41, 5.74) is 2.18. The molecule has 0 aliphatic heterocycles. The van der Waals surface area contributed by atoms with E-state index in [2.05, 4.69) is 56.1 Å². The minimum atomic E-state index is -0.0432. The first-order valence-electron chi connectivity index (χ1n) is 10.8. The van der Waals surface area contributed by atoms with Crippen molar-refractivity contribution in [3.05, 3.63) is 71.9 Å². The number of rotatable bonds is 10. The van der Waals surface area contributed by atoms with Gasteiger partial charge in [-0.2, -0.15) is 4.98 Å². The van der Waals surface area contributed by atoms with Crippen molar-refractivity contribution in [2.24, 2.45) is 0 Å². The maximum Gasteiger partial charge on any atom is 0.239 e. The van der Waals surface area contributed by atoms with E-state index in [9.17, 15) is 0 Å². The molecule has 0 amide bonds. The number of benzene rings is 2. The summed E-state index contributed by atoms with van der Waals surface area (Å²) in [5, 5.41) is 13.9. The van der Waals surface area contributed by atoms with E-state index in [1.807, 2.05) is 37.3 Å². The van der Waals surface area contributed by atoms with Crippen molar-refractivity contribution >= 4 is 11.8 Å². The van der Waals surface area contributed by atoms with Gasteiger partial charge in [0.1, 0.15) is 5.75 Å². The summed E-state index contributed by atoms with van der Waals surface area (Å²) in [4.78, 5) is 4.54. The summed E-state index contributed by atoms with van der Waals surface area (Å²) in [5.74, 6) is 2.90. The molecule has 166 valence electrons. The zero-order valence-corrected chi connectivity index (χ0v) is 19.4. The molecular weight excluding hydrogens is 422 g/mol. The Morgan fingerprint density at radius 2 is 1.81 bits per heavy atom. The van der Waals surface area contributed by atoms with Crippen LogP contribution >= 0.6 is 11.8 Å². The lowest BCUT2D eigenvalue weighted by Crippen LogP contribution is -2.06. The molecule has 32 heavy (non-hydrogen) atoms. The van der Waals surface area contributed by atoms with Gasteiger partial charge in [0.2, 0.25) is 5.89 Å². The van der Waals surface area contributed by atoms with E-state index in [0.717, 1.165) is 53.9 Å². The Labute approximate surface area is 192 Å². The fraction of sp³-hybridized carbons (Fsp3) is 0.333. The summed E-state index contributed by atoms with van der Waals surface area (Å²) in [6.45, 7) is 4.89. The van der Waals surface area contributed by atoms with Gasteiger partial charge < -0.3 is 13.8 Å². The normalized spacial score (nSPS) is 12.1. The molecular formula is C24H27N5O2S. The molecule has 1 atom stereocenters. The van der Waals surface area contributed by atoms with E-state index in [-0.39, 0.29) is 5.25 Å². The van der Waals surface area contributed by atoms with Gasteiger partial charge >= 0.3 is 0 Å². The Kier molecular flexibility index (Phi) is 7.21. The molecule has 2 aromatic carbocycles. The lowest BCUT2D eigenvalue weighted by molar-refractivity contribution is 0.374. The van der Waals surface area contributed by atoms with Crippen molar-refractivity contribution in [3.8, 4) is 17.1 Å². The third-order valence-electron chi connectivity index (χ3n) is 5.12. The van der Waals surface area contributed by atoms with E-state index in [4.69, 9.17) is 9.26 Å². The quantitative estimate of drug-likeness (QED) is 0.301. The van der Waals surface area contributed by atoms with Gasteiger partial charge in [-0.15, -0.1) is 10.2 Å². The minimum absolute atomic E-state index is 0.0432. The third kappa shape index (κ3) is 5.02. The summed E-state index contributed by atoms with van der Waals surface area (Å²) >= 11 is 1.57. The first-order chi connectivity index (χ1) is 15.7. The maximum atomic E-state index is 5.58. The minimum Gasteiger partial charge on any atom is -0.496 e. The lowest BCUT2D eigenvalue weighted by Gasteiger charge is -2.13. The van der Waals surface area contributed by atoms with Crippen LogP contribution in [0.4, 0.5) is 0 Å². The number of hydrogen-bond acceptors (Lipinski definition) is 7. The van der Waals surface area contributed by atoms with Crippen LogP contribution in [0.3, 0.4) is 0 Å². The monoisotopic (exact) mass is 449 g/mol. The van der Waals surface area contributed by atoms with Crippen molar-refractivity contribution in [2.45, 2.75) is 50.1 Å². The fourth-order valence-electron chi connectivity index (χ4n) is 3.46. The molecule has 0 aliphatic rings. The van der Waals surface area contributed by atoms with Crippen molar-refractivity contribution in [1.29, 1.82) is 0 Å². The van der Waals surface area contributed by atoms with E-state index in [1.165, 1.54) is 5.56 Å². The Morgan fingerprint density at radius 3 is 2.59 bits per heavy atom. The second-order valence-corrected chi connectivity index (χ2v) is 8.76. The highest BCUT2D eigenvalue weighted by atomic mass is 32.2. The standard InChI is InChI=1S/C24H27N5O2S/c1-4-10-21-25-23(31-28-21)17(2)32-24-27-26-22(19-13-8-9-14-20(19)30-3)29(24)16-15-18-11-6-5-7-12-18/h5-9,11-14,17H,4,10,15-16H2,1-3H3/t17-/m0/s1. The molecule has 2 heterocycles. The van der Waals surface area contributed by atoms with Crippen LogP contribution in [0.1, 0.15) is 42.8 Å². The summed E-state index contributed by atoms with van der Waals surface area (Å²) in [7, 11) is 1.67. The molecule has 7 nitrogen and oxygen atoms in total. The van der Waals surface area contributed by atoms with Gasteiger partial charge in [0.25, 0.3) is 0 Å². The van der Waals surface area contributed by atoms with Crippen LogP contribution in [0.15, 0.2) is 64.3 Å². The van der Waals surface area contributed by atoms with E-state index in [1.54, 1.807) is 18.9 Å². The number of para-hydroxylation sites is 1. The molecule has 0 fully saturated rings. The van der Waals surface area contributed by atoms with E-state index in [0.29, 0.717) is 5.89 Å². The summed E-state index contributed by atoms with van der Waals surface area (Å²) < 4.78 is 13.2. The molecule has 0 saturated carbocycles. The smallest absolute Gasteiger partial charge is 0.239 e. The Hall–Kier alpha value is -3.13. The SMILES string of the molecule is CCCc1noc([C@H](C)Sc2nnc(-c3ccccc3OC)n2CCc2ccccc2)n1. The van der Waals surface area contributed by atoms with Crippen molar-refractivity contribution in [1.82, 2.24) is 24.9 Å². The molecule has 0 unspecified atom stereocenters. The van der Waals surface area contributed by atoms with Crippen LogP contribution in [0.5, 0.6) is 5.75 Å². The summed E-state index contributed by atoms with van der Waals surface area (Å²) in [6.07, 6.45) is 2.66.